The summed E-state index contributed by atoms with van der Waals surface area (Å²) in [6.45, 7) is 2.12. The van der Waals surface area contributed by atoms with Crippen molar-refractivity contribution in [2.24, 2.45) is 0 Å². The molecule has 6 heteroatoms. The Hall–Kier alpha value is -2.78. The molecule has 1 aliphatic rings. The van der Waals surface area contributed by atoms with E-state index in [4.69, 9.17) is 9.68 Å². The molecule has 0 spiro atoms. The standard InChI is InChI=1S/C17H12N2O3S/c1-2-19-16(20)15(23-17(19)21)9-13-7-8-14(22-13)12-5-3-11(10-18)4-6-12/h3-9H,2H2,1H3/b15-9+. The molecule has 1 aliphatic heterocycles. The third-order valence-electron chi connectivity index (χ3n) is 3.39. The number of hydrogen-bond acceptors (Lipinski definition) is 5. The van der Waals surface area contributed by atoms with E-state index < -0.39 is 0 Å². The van der Waals surface area contributed by atoms with E-state index in [1.807, 2.05) is 0 Å². The number of thioether (sulfide) groups is 1. The van der Waals surface area contributed by atoms with Crippen LogP contribution in [0.25, 0.3) is 17.4 Å². The minimum atomic E-state index is -0.293. The molecule has 2 aromatic rings. The molecule has 114 valence electrons. The van der Waals surface area contributed by atoms with Gasteiger partial charge >= 0.3 is 0 Å². The van der Waals surface area contributed by atoms with Gasteiger partial charge in [-0.15, -0.1) is 0 Å². The number of hydrogen-bond donors (Lipinski definition) is 0. The number of carbonyl (C=O) groups is 2. The molecule has 1 saturated heterocycles. The molecule has 5 nitrogen and oxygen atoms in total. The topological polar surface area (TPSA) is 74.3 Å². The van der Waals surface area contributed by atoms with E-state index in [2.05, 4.69) is 6.07 Å². The SMILES string of the molecule is CCN1C(=O)S/C(=C/c2ccc(-c3ccc(C#N)cc3)o2)C1=O. The van der Waals surface area contributed by atoms with Crippen molar-refractivity contribution < 1.29 is 14.0 Å². The van der Waals surface area contributed by atoms with Crippen LogP contribution in [-0.4, -0.2) is 22.6 Å². The molecule has 1 aromatic heterocycles. The quantitative estimate of drug-likeness (QED) is 0.801. The van der Waals surface area contributed by atoms with Gasteiger partial charge in [0.15, 0.2) is 0 Å². The summed E-state index contributed by atoms with van der Waals surface area (Å²) in [7, 11) is 0. The van der Waals surface area contributed by atoms with Crippen molar-refractivity contribution in [3.8, 4) is 17.4 Å². The van der Waals surface area contributed by atoms with E-state index in [1.165, 1.54) is 4.90 Å². The Balaban J connectivity index is 1.85. The highest BCUT2D eigenvalue weighted by molar-refractivity contribution is 8.18. The molecule has 0 bridgehead atoms. The summed E-state index contributed by atoms with van der Waals surface area (Å²) in [6.07, 6.45) is 1.58. The Bertz CT molecular complexity index is 843. The average Bonchev–Trinajstić information content (AvgIpc) is 3.13. The van der Waals surface area contributed by atoms with Gasteiger partial charge in [-0.2, -0.15) is 5.26 Å². The van der Waals surface area contributed by atoms with E-state index in [9.17, 15) is 9.59 Å². The summed E-state index contributed by atoms with van der Waals surface area (Å²) in [5, 5.41) is 8.54. The summed E-state index contributed by atoms with van der Waals surface area (Å²) < 4.78 is 5.70. The molecule has 0 atom stereocenters. The molecule has 0 radical (unpaired) electrons. The second kappa shape index (κ2) is 6.15. The monoisotopic (exact) mass is 324 g/mol. The highest BCUT2D eigenvalue weighted by Crippen LogP contribution is 2.33. The Morgan fingerprint density at radius 3 is 2.57 bits per heavy atom. The molecule has 3 rings (SSSR count). The first kappa shape index (κ1) is 15.1. The van der Waals surface area contributed by atoms with Gasteiger partial charge < -0.3 is 4.42 Å². The minimum Gasteiger partial charge on any atom is -0.457 e. The molecule has 1 aromatic carbocycles. The number of carbonyl (C=O) groups excluding carboxylic acids is 2. The third kappa shape index (κ3) is 2.91. The Morgan fingerprint density at radius 1 is 1.22 bits per heavy atom. The van der Waals surface area contributed by atoms with Crippen LogP contribution in [-0.2, 0) is 4.79 Å². The van der Waals surface area contributed by atoms with Crippen LogP contribution < -0.4 is 0 Å². The van der Waals surface area contributed by atoms with Crippen LogP contribution in [0.3, 0.4) is 0 Å². The van der Waals surface area contributed by atoms with Crippen LogP contribution in [0.15, 0.2) is 45.7 Å². The van der Waals surface area contributed by atoms with Gasteiger partial charge in [0, 0.05) is 18.2 Å². The van der Waals surface area contributed by atoms with Crippen LogP contribution in [0.4, 0.5) is 4.79 Å². The first-order valence-electron chi connectivity index (χ1n) is 6.98. The number of imide groups is 1. The van der Waals surface area contributed by atoms with Crippen molar-refractivity contribution in [1.82, 2.24) is 4.90 Å². The van der Waals surface area contributed by atoms with Crippen molar-refractivity contribution in [1.29, 1.82) is 5.26 Å². The molecule has 0 unspecified atom stereocenters. The van der Waals surface area contributed by atoms with Gasteiger partial charge in [-0.1, -0.05) is 0 Å². The van der Waals surface area contributed by atoms with E-state index >= 15 is 0 Å². The second-order valence-electron chi connectivity index (χ2n) is 4.82. The van der Waals surface area contributed by atoms with Crippen molar-refractivity contribution in [2.75, 3.05) is 6.54 Å². The number of amides is 2. The molecule has 2 heterocycles. The summed E-state index contributed by atoms with van der Waals surface area (Å²) >= 11 is 0.914. The van der Waals surface area contributed by atoms with Crippen molar-refractivity contribution in [3.05, 3.63) is 52.6 Å². The molecule has 2 amide bonds. The lowest BCUT2D eigenvalue weighted by atomic mass is 10.1. The van der Waals surface area contributed by atoms with E-state index in [0.29, 0.717) is 28.5 Å². The molecule has 23 heavy (non-hydrogen) atoms. The predicted octanol–water partition coefficient (Wildman–Crippen LogP) is 3.87. The van der Waals surface area contributed by atoms with Gasteiger partial charge in [0.2, 0.25) is 0 Å². The molecule has 0 N–H and O–H groups in total. The van der Waals surface area contributed by atoms with Crippen molar-refractivity contribution >= 4 is 29.0 Å². The van der Waals surface area contributed by atoms with Crippen LogP contribution in [0.2, 0.25) is 0 Å². The molecule has 1 fully saturated rings. The highest BCUT2D eigenvalue weighted by atomic mass is 32.2. The van der Waals surface area contributed by atoms with Gasteiger partial charge in [0.05, 0.1) is 16.5 Å². The Kier molecular flexibility index (Phi) is 4.04. The number of furan rings is 1. The maximum atomic E-state index is 12.0. The normalized spacial score (nSPS) is 16.2. The molecular weight excluding hydrogens is 312 g/mol. The van der Waals surface area contributed by atoms with E-state index in [-0.39, 0.29) is 11.1 Å². The second-order valence-corrected chi connectivity index (χ2v) is 5.81. The van der Waals surface area contributed by atoms with Gasteiger partial charge in [-0.25, -0.2) is 0 Å². The first-order chi connectivity index (χ1) is 11.1. The van der Waals surface area contributed by atoms with Crippen LogP contribution in [0.5, 0.6) is 0 Å². The summed E-state index contributed by atoms with van der Waals surface area (Å²) in [5.74, 6) is 0.847. The van der Waals surface area contributed by atoms with E-state index in [1.54, 1.807) is 49.4 Å². The largest absolute Gasteiger partial charge is 0.457 e. The molecule has 0 aliphatic carbocycles. The zero-order chi connectivity index (χ0) is 16.4. The highest BCUT2D eigenvalue weighted by Gasteiger charge is 2.33. The zero-order valence-electron chi connectivity index (χ0n) is 12.3. The lowest BCUT2D eigenvalue weighted by molar-refractivity contribution is -0.122. The van der Waals surface area contributed by atoms with Gasteiger partial charge in [0.25, 0.3) is 11.1 Å². The maximum Gasteiger partial charge on any atom is 0.293 e. The van der Waals surface area contributed by atoms with Gasteiger partial charge in [0.1, 0.15) is 11.5 Å². The number of nitriles is 1. The fourth-order valence-corrected chi connectivity index (χ4v) is 3.08. The molecule has 0 saturated carbocycles. The molecular formula is C17H12N2O3S. The predicted molar refractivity (Wildman–Crippen MR) is 87.2 cm³/mol. The Labute approximate surface area is 137 Å². The average molecular weight is 324 g/mol. The minimum absolute atomic E-state index is 0.261. The number of benzene rings is 1. The van der Waals surface area contributed by atoms with Crippen LogP contribution in [0.1, 0.15) is 18.2 Å². The van der Waals surface area contributed by atoms with Crippen molar-refractivity contribution in [2.45, 2.75) is 6.92 Å². The number of nitrogens with zero attached hydrogens (tertiary/aromatic N) is 2. The maximum absolute atomic E-state index is 12.0. The smallest absolute Gasteiger partial charge is 0.293 e. The van der Waals surface area contributed by atoms with Crippen LogP contribution in [0, 0.1) is 11.3 Å². The van der Waals surface area contributed by atoms with Gasteiger partial charge in [-0.05, 0) is 55.1 Å². The van der Waals surface area contributed by atoms with E-state index in [0.717, 1.165) is 17.3 Å². The fraction of sp³-hybridized carbons (Fsp3) is 0.118. The fourth-order valence-electron chi connectivity index (χ4n) is 2.20. The third-order valence-corrected chi connectivity index (χ3v) is 4.30. The lowest BCUT2D eigenvalue weighted by Crippen LogP contribution is -2.27. The number of rotatable bonds is 3. The first-order valence-corrected chi connectivity index (χ1v) is 7.79. The Morgan fingerprint density at radius 2 is 1.96 bits per heavy atom. The zero-order valence-corrected chi connectivity index (χ0v) is 13.1. The van der Waals surface area contributed by atoms with Crippen LogP contribution >= 0.6 is 11.8 Å². The lowest BCUT2D eigenvalue weighted by Gasteiger charge is -2.06. The summed E-state index contributed by atoms with van der Waals surface area (Å²) in [6, 6.07) is 12.6. The number of likely N-dealkylation sites (N-methyl/N-ethyl adjacent to an activating group) is 1. The summed E-state index contributed by atoms with van der Waals surface area (Å²) in [5.41, 5.74) is 1.42. The summed E-state index contributed by atoms with van der Waals surface area (Å²) in [4.78, 5) is 25.3. The van der Waals surface area contributed by atoms with Gasteiger partial charge in [-0.3, -0.25) is 14.5 Å². The van der Waals surface area contributed by atoms with Crippen molar-refractivity contribution in [3.63, 3.8) is 0 Å².